The maximum atomic E-state index is 11.7. The highest BCUT2D eigenvalue weighted by Crippen LogP contribution is 2.21. The van der Waals surface area contributed by atoms with Gasteiger partial charge in [0.25, 0.3) is 10.0 Å². The second-order valence-corrected chi connectivity index (χ2v) is 5.56. The predicted octanol–water partition coefficient (Wildman–Crippen LogP) is 0.356. The summed E-state index contributed by atoms with van der Waals surface area (Å²) in [5.74, 6) is 0.584. The van der Waals surface area contributed by atoms with Gasteiger partial charge in [0.1, 0.15) is 5.76 Å². The van der Waals surface area contributed by atoms with Gasteiger partial charge in [-0.15, -0.1) is 0 Å². The second-order valence-electron chi connectivity index (χ2n) is 3.91. The van der Waals surface area contributed by atoms with Crippen LogP contribution >= 0.6 is 0 Å². The molecule has 1 aliphatic rings. The summed E-state index contributed by atoms with van der Waals surface area (Å²) in [6.07, 6.45) is 1.39. The van der Waals surface area contributed by atoms with E-state index in [1.807, 2.05) is 0 Å². The number of sulfonamides is 1. The second kappa shape index (κ2) is 3.62. The highest BCUT2D eigenvalue weighted by Gasteiger charge is 2.31. The number of hydrogen-bond donors (Lipinski definition) is 2. The molecule has 0 saturated heterocycles. The van der Waals surface area contributed by atoms with Crippen molar-refractivity contribution in [1.82, 2.24) is 4.72 Å². The summed E-state index contributed by atoms with van der Waals surface area (Å²) in [6.45, 7) is 1.71. The number of aryl methyl sites for hydroxylation is 1. The Morgan fingerprint density at radius 2 is 2.13 bits per heavy atom. The van der Waals surface area contributed by atoms with Crippen LogP contribution in [0.25, 0.3) is 0 Å². The lowest BCUT2D eigenvalue weighted by atomic mass is 9.89. The van der Waals surface area contributed by atoms with E-state index in [4.69, 9.17) is 10.2 Å². The van der Waals surface area contributed by atoms with Crippen LogP contribution in [-0.4, -0.2) is 20.5 Å². The summed E-state index contributed by atoms with van der Waals surface area (Å²) < 4.78 is 31.0. The molecule has 0 radical (unpaired) electrons. The van der Waals surface area contributed by atoms with Crippen LogP contribution in [0.5, 0.6) is 0 Å². The summed E-state index contributed by atoms with van der Waals surface area (Å²) in [7, 11) is -3.50. The third-order valence-electron chi connectivity index (χ3n) is 2.48. The molecule has 2 rings (SSSR count). The Morgan fingerprint density at radius 1 is 1.47 bits per heavy atom. The van der Waals surface area contributed by atoms with Crippen molar-refractivity contribution in [2.24, 2.45) is 5.73 Å². The van der Waals surface area contributed by atoms with Crippen molar-refractivity contribution >= 4 is 10.0 Å². The fourth-order valence-corrected chi connectivity index (χ4v) is 2.83. The van der Waals surface area contributed by atoms with Crippen LogP contribution in [-0.2, 0) is 10.0 Å². The van der Waals surface area contributed by atoms with Gasteiger partial charge in [-0.3, -0.25) is 0 Å². The zero-order chi connectivity index (χ0) is 11.1. The summed E-state index contributed by atoms with van der Waals surface area (Å²) in [5, 5.41) is -0.0273. The summed E-state index contributed by atoms with van der Waals surface area (Å²) in [4.78, 5) is 0. The third-order valence-corrected chi connectivity index (χ3v) is 3.87. The highest BCUT2D eigenvalue weighted by molar-refractivity contribution is 7.89. The fraction of sp³-hybridized carbons (Fsp3) is 0.556. The smallest absolute Gasteiger partial charge is 0.274 e. The maximum Gasteiger partial charge on any atom is 0.274 e. The lowest BCUT2D eigenvalue weighted by molar-refractivity contribution is 0.323. The van der Waals surface area contributed by atoms with Gasteiger partial charge >= 0.3 is 0 Å². The first kappa shape index (κ1) is 10.7. The lowest BCUT2D eigenvalue weighted by Crippen LogP contribution is -2.50. The third kappa shape index (κ3) is 2.22. The molecule has 15 heavy (non-hydrogen) atoms. The zero-order valence-corrected chi connectivity index (χ0v) is 9.25. The first-order valence-electron chi connectivity index (χ1n) is 4.82. The molecule has 6 heteroatoms. The van der Waals surface area contributed by atoms with E-state index in [1.165, 1.54) is 6.07 Å². The molecule has 0 aromatic carbocycles. The molecule has 84 valence electrons. The average Bonchev–Trinajstić information content (AvgIpc) is 2.49. The van der Waals surface area contributed by atoms with Crippen LogP contribution in [0, 0.1) is 6.92 Å². The SMILES string of the molecule is Cc1ccc(S(=O)(=O)NC2CC(N)C2)o1. The number of nitrogens with two attached hydrogens (primary N) is 1. The molecule has 1 aliphatic carbocycles. The Hall–Kier alpha value is -0.850. The normalized spacial score (nSPS) is 26.3. The first-order valence-corrected chi connectivity index (χ1v) is 6.30. The van der Waals surface area contributed by atoms with Gasteiger partial charge < -0.3 is 10.2 Å². The van der Waals surface area contributed by atoms with E-state index in [-0.39, 0.29) is 17.2 Å². The van der Waals surface area contributed by atoms with Crippen LogP contribution in [0.15, 0.2) is 21.6 Å². The van der Waals surface area contributed by atoms with E-state index in [9.17, 15) is 8.42 Å². The Morgan fingerprint density at radius 3 is 2.60 bits per heavy atom. The van der Waals surface area contributed by atoms with Crippen molar-refractivity contribution < 1.29 is 12.8 Å². The molecule has 5 nitrogen and oxygen atoms in total. The first-order chi connectivity index (χ1) is 6.97. The predicted molar refractivity (Wildman–Crippen MR) is 54.8 cm³/mol. The Balaban J connectivity index is 2.07. The Kier molecular flexibility index (Phi) is 2.57. The van der Waals surface area contributed by atoms with Gasteiger partial charge in [0, 0.05) is 12.1 Å². The van der Waals surface area contributed by atoms with E-state index >= 15 is 0 Å². The Labute approximate surface area is 88.7 Å². The molecule has 1 aromatic heterocycles. The van der Waals surface area contributed by atoms with Gasteiger partial charge in [-0.05, 0) is 31.9 Å². The molecule has 0 bridgehead atoms. The number of furan rings is 1. The standard InChI is InChI=1S/C9H14N2O3S/c1-6-2-3-9(14-6)15(12,13)11-8-4-7(10)5-8/h2-3,7-8,11H,4-5,10H2,1H3. The summed E-state index contributed by atoms with van der Waals surface area (Å²) in [6, 6.07) is 3.16. The maximum absolute atomic E-state index is 11.7. The van der Waals surface area contributed by atoms with Crippen molar-refractivity contribution in [3.8, 4) is 0 Å². The van der Waals surface area contributed by atoms with Gasteiger partial charge in [0.15, 0.2) is 0 Å². The van der Waals surface area contributed by atoms with Crippen LogP contribution < -0.4 is 10.5 Å². The van der Waals surface area contributed by atoms with Crippen molar-refractivity contribution in [2.45, 2.75) is 36.9 Å². The number of rotatable bonds is 3. The van der Waals surface area contributed by atoms with Crippen LogP contribution in [0.2, 0.25) is 0 Å². The van der Waals surface area contributed by atoms with Gasteiger partial charge in [0.2, 0.25) is 5.09 Å². The monoisotopic (exact) mass is 230 g/mol. The topological polar surface area (TPSA) is 85.3 Å². The van der Waals surface area contributed by atoms with Gasteiger partial charge in [-0.1, -0.05) is 0 Å². The van der Waals surface area contributed by atoms with Crippen molar-refractivity contribution in [2.75, 3.05) is 0 Å². The summed E-state index contributed by atoms with van der Waals surface area (Å²) >= 11 is 0. The molecule has 0 amide bonds. The molecule has 0 spiro atoms. The fourth-order valence-electron chi connectivity index (χ4n) is 1.59. The molecule has 0 unspecified atom stereocenters. The number of hydrogen-bond acceptors (Lipinski definition) is 4. The number of nitrogens with one attached hydrogen (secondary N) is 1. The quantitative estimate of drug-likeness (QED) is 0.785. The minimum Gasteiger partial charge on any atom is -0.449 e. The molecule has 1 saturated carbocycles. The molecule has 3 N–H and O–H groups in total. The van der Waals surface area contributed by atoms with Crippen LogP contribution in [0.4, 0.5) is 0 Å². The average molecular weight is 230 g/mol. The lowest BCUT2D eigenvalue weighted by Gasteiger charge is -2.32. The van der Waals surface area contributed by atoms with E-state index in [0.29, 0.717) is 18.6 Å². The zero-order valence-electron chi connectivity index (χ0n) is 8.43. The molecule has 0 atom stereocenters. The molecule has 1 heterocycles. The van der Waals surface area contributed by atoms with Gasteiger partial charge in [-0.25, -0.2) is 13.1 Å². The largest absolute Gasteiger partial charge is 0.449 e. The minimum absolute atomic E-state index is 0.0273. The summed E-state index contributed by atoms with van der Waals surface area (Å²) in [5.41, 5.74) is 5.57. The van der Waals surface area contributed by atoms with E-state index in [0.717, 1.165) is 0 Å². The molecular formula is C9H14N2O3S. The van der Waals surface area contributed by atoms with E-state index < -0.39 is 10.0 Å². The van der Waals surface area contributed by atoms with Crippen molar-refractivity contribution in [3.63, 3.8) is 0 Å². The van der Waals surface area contributed by atoms with E-state index in [2.05, 4.69) is 4.72 Å². The van der Waals surface area contributed by atoms with Gasteiger partial charge in [0.05, 0.1) is 0 Å². The molecular weight excluding hydrogens is 216 g/mol. The van der Waals surface area contributed by atoms with Crippen LogP contribution in [0.1, 0.15) is 18.6 Å². The van der Waals surface area contributed by atoms with Crippen LogP contribution in [0.3, 0.4) is 0 Å². The highest BCUT2D eigenvalue weighted by atomic mass is 32.2. The molecule has 0 aliphatic heterocycles. The molecule has 1 aromatic rings. The van der Waals surface area contributed by atoms with Crippen molar-refractivity contribution in [3.05, 3.63) is 17.9 Å². The van der Waals surface area contributed by atoms with Gasteiger partial charge in [-0.2, -0.15) is 0 Å². The van der Waals surface area contributed by atoms with Crippen molar-refractivity contribution in [1.29, 1.82) is 0 Å². The Bertz CT molecular complexity index is 446. The van der Waals surface area contributed by atoms with E-state index in [1.54, 1.807) is 13.0 Å². The minimum atomic E-state index is -3.50. The molecule has 1 fully saturated rings.